The van der Waals surface area contributed by atoms with Gasteiger partial charge < -0.3 is 10.2 Å². The molecule has 0 aliphatic carbocycles. The van der Waals surface area contributed by atoms with Crippen molar-refractivity contribution in [1.82, 2.24) is 0 Å². The maximum Gasteiger partial charge on any atom is 0.342 e. The standard InChI is InChI=1S/C6H8O4/c1-3(7)5(4(2)8)6(9)10/h7H,1-2H3,(H,9,10)/b5-3-. The van der Waals surface area contributed by atoms with Crippen molar-refractivity contribution in [2.45, 2.75) is 13.8 Å². The molecule has 0 unspecified atom stereocenters. The van der Waals surface area contributed by atoms with Crippen LogP contribution in [-0.4, -0.2) is 22.0 Å². The highest BCUT2D eigenvalue weighted by molar-refractivity contribution is 6.15. The molecule has 56 valence electrons. The van der Waals surface area contributed by atoms with Gasteiger partial charge in [0.25, 0.3) is 0 Å². The van der Waals surface area contributed by atoms with Gasteiger partial charge in [-0.25, -0.2) is 4.79 Å². The normalized spacial score (nSPS) is 12.2. The summed E-state index contributed by atoms with van der Waals surface area (Å²) in [6.07, 6.45) is 0. The van der Waals surface area contributed by atoms with Gasteiger partial charge in [0, 0.05) is 0 Å². The molecule has 0 spiro atoms. The topological polar surface area (TPSA) is 74.6 Å². The Bertz CT molecular complexity index is 182. The Labute approximate surface area is 57.8 Å². The van der Waals surface area contributed by atoms with Gasteiger partial charge >= 0.3 is 5.97 Å². The van der Waals surface area contributed by atoms with Gasteiger partial charge in [0.05, 0.1) is 0 Å². The number of hydrogen-bond acceptors (Lipinski definition) is 3. The predicted octanol–water partition coefficient (Wildman–Crippen LogP) is 0.492. The summed E-state index contributed by atoms with van der Waals surface area (Å²) >= 11 is 0. The maximum absolute atomic E-state index is 10.4. The van der Waals surface area contributed by atoms with E-state index in [1.807, 2.05) is 0 Å². The first-order valence-electron chi connectivity index (χ1n) is 2.61. The maximum atomic E-state index is 10.4. The minimum Gasteiger partial charge on any atom is -0.512 e. The molecule has 0 saturated carbocycles. The van der Waals surface area contributed by atoms with Crippen molar-refractivity contribution in [3.8, 4) is 0 Å². The number of carbonyl (C=O) groups is 2. The number of aliphatic hydroxyl groups is 1. The van der Waals surface area contributed by atoms with Gasteiger partial charge in [-0.15, -0.1) is 0 Å². The number of hydrogen-bond donors (Lipinski definition) is 2. The number of Topliss-reactive ketones (excluding diaryl/α,β-unsaturated/α-hetero) is 1. The van der Waals surface area contributed by atoms with Crippen LogP contribution in [0.25, 0.3) is 0 Å². The van der Waals surface area contributed by atoms with Crippen LogP contribution in [-0.2, 0) is 9.59 Å². The number of ketones is 1. The fourth-order valence-electron chi connectivity index (χ4n) is 0.560. The summed E-state index contributed by atoms with van der Waals surface area (Å²) in [7, 11) is 0. The van der Waals surface area contributed by atoms with Crippen molar-refractivity contribution in [3.63, 3.8) is 0 Å². The Morgan fingerprint density at radius 3 is 1.50 bits per heavy atom. The molecule has 0 heterocycles. The molecule has 0 saturated heterocycles. The van der Waals surface area contributed by atoms with Crippen molar-refractivity contribution in [3.05, 3.63) is 11.3 Å². The molecule has 10 heavy (non-hydrogen) atoms. The van der Waals surface area contributed by atoms with Gasteiger partial charge in [-0.05, 0) is 13.8 Å². The van der Waals surface area contributed by atoms with Crippen LogP contribution in [0.2, 0.25) is 0 Å². The highest BCUT2D eigenvalue weighted by Crippen LogP contribution is 2.01. The summed E-state index contributed by atoms with van der Waals surface area (Å²) < 4.78 is 0. The quantitative estimate of drug-likeness (QED) is 0.256. The summed E-state index contributed by atoms with van der Waals surface area (Å²) in [5, 5.41) is 16.9. The van der Waals surface area contributed by atoms with Crippen molar-refractivity contribution in [2.24, 2.45) is 0 Å². The second-order valence-corrected chi connectivity index (χ2v) is 1.82. The zero-order chi connectivity index (χ0) is 8.31. The lowest BCUT2D eigenvalue weighted by molar-refractivity contribution is -0.134. The summed E-state index contributed by atoms with van der Waals surface area (Å²) in [6.45, 7) is 2.24. The molecule has 2 N–H and O–H groups in total. The number of carboxylic acids is 1. The SMILES string of the molecule is CC(=O)/C(C(=O)O)=C(\C)O. The van der Waals surface area contributed by atoms with Gasteiger partial charge in [0.2, 0.25) is 0 Å². The van der Waals surface area contributed by atoms with Crippen LogP contribution in [0.5, 0.6) is 0 Å². The van der Waals surface area contributed by atoms with Crippen molar-refractivity contribution in [2.75, 3.05) is 0 Å². The Hall–Kier alpha value is -1.32. The zero-order valence-corrected chi connectivity index (χ0v) is 5.71. The zero-order valence-electron chi connectivity index (χ0n) is 5.71. The number of allylic oxidation sites excluding steroid dienone is 1. The van der Waals surface area contributed by atoms with E-state index in [4.69, 9.17) is 10.2 Å². The molecular formula is C6H8O4. The molecule has 0 rings (SSSR count). The minimum absolute atomic E-state index is 0.458. The summed E-state index contributed by atoms with van der Waals surface area (Å²) in [5.74, 6) is -2.50. The molecular weight excluding hydrogens is 136 g/mol. The van der Waals surface area contributed by atoms with E-state index < -0.39 is 23.1 Å². The van der Waals surface area contributed by atoms with E-state index in [1.165, 1.54) is 0 Å². The third-order valence-electron chi connectivity index (χ3n) is 0.928. The van der Waals surface area contributed by atoms with Crippen LogP contribution in [0.4, 0.5) is 0 Å². The second kappa shape index (κ2) is 3.00. The molecule has 4 nitrogen and oxygen atoms in total. The number of aliphatic carboxylic acids is 1. The molecule has 0 bridgehead atoms. The fourth-order valence-corrected chi connectivity index (χ4v) is 0.560. The third-order valence-corrected chi connectivity index (χ3v) is 0.928. The summed E-state index contributed by atoms with van der Waals surface area (Å²) in [4.78, 5) is 20.6. The molecule has 0 atom stereocenters. The van der Waals surface area contributed by atoms with Gasteiger partial charge in [0.15, 0.2) is 5.78 Å². The van der Waals surface area contributed by atoms with Gasteiger partial charge in [-0.2, -0.15) is 0 Å². The van der Waals surface area contributed by atoms with E-state index in [2.05, 4.69) is 0 Å². The van der Waals surface area contributed by atoms with Crippen LogP contribution in [0, 0.1) is 0 Å². The van der Waals surface area contributed by atoms with Crippen LogP contribution < -0.4 is 0 Å². The molecule has 0 amide bonds. The average molecular weight is 144 g/mol. The molecule has 0 aromatic rings. The van der Waals surface area contributed by atoms with E-state index in [0.717, 1.165) is 13.8 Å². The largest absolute Gasteiger partial charge is 0.512 e. The average Bonchev–Trinajstić information content (AvgIpc) is 1.59. The van der Waals surface area contributed by atoms with Gasteiger partial charge in [-0.3, -0.25) is 4.79 Å². The van der Waals surface area contributed by atoms with E-state index in [-0.39, 0.29) is 0 Å². The Kier molecular flexibility index (Phi) is 2.61. The molecule has 0 aliphatic rings. The molecule has 4 heteroatoms. The number of carboxylic acid groups (broad SMARTS) is 1. The van der Waals surface area contributed by atoms with Crippen LogP contribution in [0.3, 0.4) is 0 Å². The lowest BCUT2D eigenvalue weighted by Gasteiger charge is -1.95. The highest BCUT2D eigenvalue weighted by Gasteiger charge is 2.15. The molecule has 0 aromatic carbocycles. The van der Waals surface area contributed by atoms with Crippen molar-refractivity contribution >= 4 is 11.8 Å². The molecule has 0 radical (unpaired) electrons. The fraction of sp³-hybridized carbons (Fsp3) is 0.333. The smallest absolute Gasteiger partial charge is 0.342 e. The number of aliphatic hydroxyl groups excluding tert-OH is 1. The van der Waals surface area contributed by atoms with E-state index in [9.17, 15) is 9.59 Å². The highest BCUT2D eigenvalue weighted by atomic mass is 16.4. The third kappa shape index (κ3) is 1.89. The monoisotopic (exact) mass is 144 g/mol. The Balaban J connectivity index is 4.79. The van der Waals surface area contributed by atoms with Gasteiger partial charge in [-0.1, -0.05) is 0 Å². The van der Waals surface area contributed by atoms with E-state index in [1.54, 1.807) is 0 Å². The first-order chi connectivity index (χ1) is 4.46. The molecule has 0 aromatic heterocycles. The van der Waals surface area contributed by atoms with Crippen LogP contribution in [0.1, 0.15) is 13.8 Å². The van der Waals surface area contributed by atoms with E-state index >= 15 is 0 Å². The van der Waals surface area contributed by atoms with Crippen LogP contribution >= 0.6 is 0 Å². The van der Waals surface area contributed by atoms with E-state index in [0.29, 0.717) is 0 Å². The summed E-state index contributed by atoms with van der Waals surface area (Å²) in [6, 6.07) is 0. The van der Waals surface area contributed by atoms with Crippen molar-refractivity contribution < 1.29 is 19.8 Å². The second-order valence-electron chi connectivity index (χ2n) is 1.82. The number of carbonyl (C=O) groups excluding carboxylic acids is 1. The van der Waals surface area contributed by atoms with Crippen LogP contribution in [0.15, 0.2) is 11.3 Å². The molecule has 0 aliphatic heterocycles. The first kappa shape index (κ1) is 8.68. The minimum atomic E-state index is -1.40. The van der Waals surface area contributed by atoms with Crippen molar-refractivity contribution in [1.29, 1.82) is 0 Å². The molecule has 0 fully saturated rings. The Morgan fingerprint density at radius 1 is 1.10 bits per heavy atom. The lowest BCUT2D eigenvalue weighted by Crippen LogP contribution is -2.10. The predicted molar refractivity (Wildman–Crippen MR) is 33.6 cm³/mol. The number of rotatable bonds is 2. The Morgan fingerprint density at radius 2 is 1.50 bits per heavy atom. The lowest BCUT2D eigenvalue weighted by atomic mass is 10.1. The van der Waals surface area contributed by atoms with Gasteiger partial charge in [0.1, 0.15) is 11.3 Å². The first-order valence-corrected chi connectivity index (χ1v) is 2.61. The summed E-state index contributed by atoms with van der Waals surface area (Å²) in [5.41, 5.74) is -0.556.